The molecule has 18 heavy (non-hydrogen) atoms. The van der Waals surface area contributed by atoms with Crippen LogP contribution in [0, 0.1) is 0 Å². The van der Waals surface area contributed by atoms with Crippen molar-refractivity contribution in [2.24, 2.45) is 0 Å². The normalized spacial score (nSPS) is 26.5. The number of nitrogens with one attached hydrogen (secondary N) is 1. The Balaban J connectivity index is 2.33. The topological polar surface area (TPSA) is 41.6 Å². The van der Waals surface area contributed by atoms with Gasteiger partial charge in [-0.3, -0.25) is 4.90 Å². The summed E-state index contributed by atoms with van der Waals surface area (Å²) >= 11 is 0. The van der Waals surface area contributed by atoms with Gasteiger partial charge in [0.15, 0.2) is 0 Å². The molecule has 0 aromatic heterocycles. The second-order valence-corrected chi connectivity index (χ2v) is 6.12. The minimum absolute atomic E-state index is 0.265. The summed E-state index contributed by atoms with van der Waals surface area (Å²) in [5.41, 5.74) is -0.417. The van der Waals surface area contributed by atoms with Crippen molar-refractivity contribution in [2.45, 2.75) is 52.3 Å². The van der Waals surface area contributed by atoms with E-state index < -0.39 is 5.60 Å². The van der Waals surface area contributed by atoms with Gasteiger partial charge in [0.25, 0.3) is 0 Å². The van der Waals surface area contributed by atoms with Gasteiger partial charge in [-0.1, -0.05) is 6.08 Å². The minimum atomic E-state index is -0.417. The van der Waals surface area contributed by atoms with E-state index in [4.69, 9.17) is 4.74 Å². The lowest BCUT2D eigenvalue weighted by atomic mass is 10.1. The number of hydrogen-bond acceptors (Lipinski definition) is 4. The molecule has 1 fully saturated rings. The van der Waals surface area contributed by atoms with Gasteiger partial charge in [-0.05, 0) is 34.6 Å². The molecular weight excluding hydrogens is 228 g/mol. The van der Waals surface area contributed by atoms with Crippen LogP contribution in [0.15, 0.2) is 12.2 Å². The van der Waals surface area contributed by atoms with Gasteiger partial charge in [-0.25, -0.2) is 4.79 Å². The Hall–Kier alpha value is -0.870. The number of esters is 1. The lowest BCUT2D eigenvalue weighted by molar-refractivity contribution is -0.148. The van der Waals surface area contributed by atoms with Crippen LogP contribution in [0.4, 0.5) is 0 Å². The predicted molar refractivity (Wildman–Crippen MR) is 73.5 cm³/mol. The highest BCUT2D eigenvalue weighted by Gasteiger charge is 2.19. The van der Waals surface area contributed by atoms with Crippen molar-refractivity contribution in [1.82, 2.24) is 10.2 Å². The molecule has 0 aromatic carbocycles. The molecule has 0 aliphatic carbocycles. The molecule has 104 valence electrons. The van der Waals surface area contributed by atoms with Crippen LogP contribution in [0.5, 0.6) is 0 Å². The van der Waals surface area contributed by atoms with Crippen LogP contribution in [0.3, 0.4) is 0 Å². The van der Waals surface area contributed by atoms with E-state index in [1.54, 1.807) is 0 Å². The third-order valence-electron chi connectivity index (χ3n) is 2.66. The highest BCUT2D eigenvalue weighted by molar-refractivity contribution is 5.82. The fourth-order valence-electron chi connectivity index (χ4n) is 2.22. The summed E-state index contributed by atoms with van der Waals surface area (Å²) in [6.07, 6.45) is 3.42. The number of piperazine rings is 1. The van der Waals surface area contributed by atoms with E-state index in [9.17, 15) is 4.79 Å². The molecular formula is C14H26N2O2. The van der Waals surface area contributed by atoms with Crippen molar-refractivity contribution in [3.05, 3.63) is 12.2 Å². The second kappa shape index (κ2) is 6.34. The molecule has 0 spiro atoms. The van der Waals surface area contributed by atoms with E-state index in [1.165, 1.54) is 6.08 Å². The summed E-state index contributed by atoms with van der Waals surface area (Å²) in [7, 11) is 0. The Labute approximate surface area is 110 Å². The van der Waals surface area contributed by atoms with Gasteiger partial charge < -0.3 is 10.1 Å². The van der Waals surface area contributed by atoms with E-state index in [0.717, 1.165) is 19.6 Å². The van der Waals surface area contributed by atoms with Crippen LogP contribution < -0.4 is 5.32 Å². The molecule has 0 amide bonds. The third kappa shape index (κ3) is 6.17. The fraction of sp³-hybridized carbons (Fsp3) is 0.786. The maximum atomic E-state index is 11.5. The van der Waals surface area contributed by atoms with Gasteiger partial charge in [0.05, 0.1) is 0 Å². The molecule has 4 nitrogen and oxygen atoms in total. The van der Waals surface area contributed by atoms with Crippen LogP contribution >= 0.6 is 0 Å². The number of hydrogen-bond donors (Lipinski definition) is 1. The smallest absolute Gasteiger partial charge is 0.330 e. The molecule has 1 aliphatic heterocycles. The Morgan fingerprint density at radius 3 is 2.39 bits per heavy atom. The summed E-state index contributed by atoms with van der Waals surface area (Å²) < 4.78 is 5.21. The summed E-state index contributed by atoms with van der Waals surface area (Å²) in [6.45, 7) is 12.8. The van der Waals surface area contributed by atoms with Gasteiger partial charge in [0.1, 0.15) is 5.60 Å². The molecule has 1 heterocycles. The zero-order valence-electron chi connectivity index (χ0n) is 12.2. The van der Waals surface area contributed by atoms with Crippen molar-refractivity contribution >= 4 is 5.97 Å². The quantitative estimate of drug-likeness (QED) is 0.613. The van der Waals surface area contributed by atoms with Crippen molar-refractivity contribution in [1.29, 1.82) is 0 Å². The minimum Gasteiger partial charge on any atom is -0.457 e. The zero-order valence-corrected chi connectivity index (χ0v) is 12.2. The molecule has 1 N–H and O–H groups in total. The Kier molecular flexibility index (Phi) is 5.35. The molecule has 2 unspecified atom stereocenters. The van der Waals surface area contributed by atoms with E-state index >= 15 is 0 Å². The molecule has 1 aliphatic rings. The predicted octanol–water partition coefficient (Wildman–Crippen LogP) is 1.57. The van der Waals surface area contributed by atoms with Crippen molar-refractivity contribution < 1.29 is 9.53 Å². The standard InChI is InChI=1S/C14H26N2O2/c1-11-9-16(10-12(2)15-11)8-6-7-13(17)18-14(3,4)5/h6-7,11-12,15H,8-10H2,1-5H3. The Bertz CT molecular complexity index is 297. The number of carbonyl (C=O) groups excluding carboxylic acids is 1. The molecule has 0 aromatic rings. The first kappa shape index (κ1) is 15.2. The van der Waals surface area contributed by atoms with Crippen molar-refractivity contribution in [3.63, 3.8) is 0 Å². The third-order valence-corrected chi connectivity index (χ3v) is 2.66. The average Bonchev–Trinajstić information content (AvgIpc) is 2.12. The van der Waals surface area contributed by atoms with E-state index in [0.29, 0.717) is 12.1 Å². The molecule has 1 saturated heterocycles. The first-order chi connectivity index (χ1) is 8.26. The molecule has 4 heteroatoms. The summed E-state index contributed by atoms with van der Waals surface area (Å²) in [5, 5.41) is 3.48. The summed E-state index contributed by atoms with van der Waals surface area (Å²) in [6, 6.07) is 1.01. The first-order valence-corrected chi connectivity index (χ1v) is 6.64. The summed E-state index contributed by atoms with van der Waals surface area (Å²) in [4.78, 5) is 13.8. The maximum absolute atomic E-state index is 11.5. The Morgan fingerprint density at radius 1 is 1.33 bits per heavy atom. The van der Waals surface area contributed by atoms with Gasteiger partial charge in [-0.2, -0.15) is 0 Å². The highest BCUT2D eigenvalue weighted by Crippen LogP contribution is 2.07. The fourth-order valence-corrected chi connectivity index (χ4v) is 2.22. The van der Waals surface area contributed by atoms with Crippen LogP contribution in [0.2, 0.25) is 0 Å². The number of rotatable bonds is 3. The van der Waals surface area contributed by atoms with E-state index in [2.05, 4.69) is 24.1 Å². The highest BCUT2D eigenvalue weighted by atomic mass is 16.6. The lowest BCUT2D eigenvalue weighted by Gasteiger charge is -2.35. The molecule has 1 rings (SSSR count). The van der Waals surface area contributed by atoms with Crippen LogP contribution in [0.1, 0.15) is 34.6 Å². The van der Waals surface area contributed by atoms with Gasteiger partial charge in [0.2, 0.25) is 0 Å². The maximum Gasteiger partial charge on any atom is 0.330 e. The van der Waals surface area contributed by atoms with Crippen molar-refractivity contribution in [3.8, 4) is 0 Å². The number of nitrogens with zero attached hydrogens (tertiary/aromatic N) is 1. The van der Waals surface area contributed by atoms with Crippen LogP contribution in [-0.2, 0) is 9.53 Å². The van der Waals surface area contributed by atoms with Gasteiger partial charge in [-0.15, -0.1) is 0 Å². The lowest BCUT2D eigenvalue weighted by Crippen LogP contribution is -2.54. The van der Waals surface area contributed by atoms with Gasteiger partial charge in [0, 0.05) is 37.8 Å². The summed E-state index contributed by atoms with van der Waals surface area (Å²) in [5.74, 6) is -0.265. The molecule has 0 saturated carbocycles. The number of carbonyl (C=O) groups is 1. The number of ether oxygens (including phenoxy) is 1. The molecule has 2 atom stereocenters. The monoisotopic (exact) mass is 254 g/mol. The molecule has 0 bridgehead atoms. The van der Waals surface area contributed by atoms with Gasteiger partial charge >= 0.3 is 5.97 Å². The largest absolute Gasteiger partial charge is 0.457 e. The first-order valence-electron chi connectivity index (χ1n) is 6.64. The van der Waals surface area contributed by atoms with E-state index in [-0.39, 0.29) is 5.97 Å². The average molecular weight is 254 g/mol. The Morgan fingerprint density at radius 2 is 1.89 bits per heavy atom. The SMILES string of the molecule is CC1CN(CC=CC(=O)OC(C)(C)C)CC(C)N1. The van der Waals surface area contributed by atoms with E-state index in [1.807, 2.05) is 26.8 Å². The van der Waals surface area contributed by atoms with Crippen molar-refractivity contribution in [2.75, 3.05) is 19.6 Å². The van der Waals surface area contributed by atoms with Crippen LogP contribution in [-0.4, -0.2) is 48.2 Å². The second-order valence-electron chi connectivity index (χ2n) is 6.12. The molecule has 0 radical (unpaired) electrons. The zero-order chi connectivity index (χ0) is 13.8. The van der Waals surface area contributed by atoms with Crippen LogP contribution in [0.25, 0.3) is 0 Å².